The first-order valence-corrected chi connectivity index (χ1v) is 4.30. The standard InChI is InChI=1S/C8H10NOP/c1-9(2)7-3-5-8(11-10)6-4-7/h3-6H,1-2H3/p+1. The van der Waals surface area contributed by atoms with E-state index in [2.05, 4.69) is 0 Å². The first-order chi connectivity index (χ1) is 5.24. The Bertz CT molecular complexity index is 243. The summed E-state index contributed by atoms with van der Waals surface area (Å²) >= 11 is 0. The van der Waals surface area contributed by atoms with E-state index in [1.165, 1.54) is 0 Å². The van der Waals surface area contributed by atoms with Gasteiger partial charge in [0.25, 0.3) is 0 Å². The third-order valence-electron chi connectivity index (χ3n) is 1.50. The lowest BCUT2D eigenvalue weighted by Crippen LogP contribution is -2.08. The number of anilines is 1. The zero-order valence-electron chi connectivity index (χ0n) is 6.66. The van der Waals surface area contributed by atoms with Gasteiger partial charge in [0.05, 0.1) is 0 Å². The lowest BCUT2D eigenvalue weighted by atomic mass is 10.3. The maximum absolute atomic E-state index is 10.4. The van der Waals surface area contributed by atoms with E-state index >= 15 is 0 Å². The fourth-order valence-electron chi connectivity index (χ4n) is 0.828. The van der Waals surface area contributed by atoms with E-state index in [0.29, 0.717) is 0 Å². The first-order valence-electron chi connectivity index (χ1n) is 3.39. The minimum Gasteiger partial charge on any atom is -0.378 e. The van der Waals surface area contributed by atoms with Crippen molar-refractivity contribution < 1.29 is 4.57 Å². The molecular formula is C8H11NOP+. The fraction of sp³-hybridized carbons (Fsp3) is 0.250. The predicted octanol–water partition coefficient (Wildman–Crippen LogP) is 1.40. The molecule has 0 aliphatic carbocycles. The lowest BCUT2D eigenvalue weighted by molar-refractivity contribution is 0.603. The van der Waals surface area contributed by atoms with Gasteiger partial charge in [-0.25, -0.2) is 0 Å². The summed E-state index contributed by atoms with van der Waals surface area (Å²) in [5.74, 6) is 0. The van der Waals surface area contributed by atoms with Crippen LogP contribution in [0.25, 0.3) is 0 Å². The second-order valence-electron chi connectivity index (χ2n) is 2.54. The second-order valence-corrected chi connectivity index (χ2v) is 3.32. The maximum Gasteiger partial charge on any atom is 0.363 e. The van der Waals surface area contributed by atoms with Crippen LogP contribution in [-0.2, 0) is 4.57 Å². The molecule has 0 spiro atoms. The molecule has 3 heteroatoms. The monoisotopic (exact) mass is 168 g/mol. The molecule has 1 rings (SSSR count). The first kappa shape index (κ1) is 8.22. The van der Waals surface area contributed by atoms with E-state index in [1.54, 1.807) is 0 Å². The number of nitrogens with zero attached hydrogens (tertiary/aromatic N) is 1. The molecule has 58 valence electrons. The molecule has 0 fully saturated rings. The van der Waals surface area contributed by atoms with E-state index in [1.807, 2.05) is 43.3 Å². The van der Waals surface area contributed by atoms with Crippen molar-refractivity contribution in [2.75, 3.05) is 19.0 Å². The fourth-order valence-corrected chi connectivity index (χ4v) is 1.13. The molecule has 0 heterocycles. The van der Waals surface area contributed by atoms with Crippen molar-refractivity contribution in [3.8, 4) is 0 Å². The van der Waals surface area contributed by atoms with Gasteiger partial charge >= 0.3 is 8.46 Å². The Labute approximate surface area is 68.0 Å². The van der Waals surface area contributed by atoms with Crippen molar-refractivity contribution in [3.63, 3.8) is 0 Å². The molecular weight excluding hydrogens is 157 g/mol. The normalized spacial score (nSPS) is 10.0. The van der Waals surface area contributed by atoms with Crippen LogP contribution in [0.4, 0.5) is 5.69 Å². The quantitative estimate of drug-likeness (QED) is 0.622. The summed E-state index contributed by atoms with van der Waals surface area (Å²) in [7, 11) is 3.61. The number of rotatable bonds is 2. The minimum absolute atomic E-state index is 0.349. The number of hydrogen-bond donors (Lipinski definition) is 0. The SMILES string of the molecule is CN(C)c1ccc([PH+]=O)cc1. The Kier molecular flexibility index (Phi) is 2.61. The van der Waals surface area contributed by atoms with Gasteiger partial charge in [0.15, 0.2) is 5.30 Å². The van der Waals surface area contributed by atoms with Crippen LogP contribution >= 0.6 is 8.46 Å². The summed E-state index contributed by atoms with van der Waals surface area (Å²) < 4.78 is 10.4. The summed E-state index contributed by atoms with van der Waals surface area (Å²) in [5.41, 5.74) is 1.13. The zero-order chi connectivity index (χ0) is 8.27. The molecule has 0 radical (unpaired) electrons. The highest BCUT2D eigenvalue weighted by molar-refractivity contribution is 7.34. The molecule has 0 aliphatic rings. The van der Waals surface area contributed by atoms with Crippen LogP contribution in [0.5, 0.6) is 0 Å². The van der Waals surface area contributed by atoms with Crippen molar-refractivity contribution in [1.82, 2.24) is 0 Å². The third kappa shape index (κ3) is 2.02. The van der Waals surface area contributed by atoms with Gasteiger partial charge in [-0.1, -0.05) is 4.57 Å². The van der Waals surface area contributed by atoms with E-state index in [-0.39, 0.29) is 8.46 Å². The molecule has 1 aromatic rings. The van der Waals surface area contributed by atoms with Crippen LogP contribution in [0, 0.1) is 0 Å². The van der Waals surface area contributed by atoms with Crippen molar-refractivity contribution >= 4 is 19.5 Å². The summed E-state index contributed by atoms with van der Waals surface area (Å²) in [6.45, 7) is 0. The van der Waals surface area contributed by atoms with Crippen LogP contribution in [0.15, 0.2) is 24.3 Å². The van der Waals surface area contributed by atoms with Crippen molar-refractivity contribution in [1.29, 1.82) is 0 Å². The lowest BCUT2D eigenvalue weighted by Gasteiger charge is -2.10. The molecule has 2 nitrogen and oxygen atoms in total. The molecule has 0 saturated carbocycles. The van der Waals surface area contributed by atoms with Gasteiger partial charge in [0, 0.05) is 19.8 Å². The Hall–Kier alpha value is -0.880. The van der Waals surface area contributed by atoms with Crippen LogP contribution in [0.1, 0.15) is 0 Å². The molecule has 0 aliphatic heterocycles. The van der Waals surface area contributed by atoms with Gasteiger partial charge in [-0.05, 0) is 24.3 Å². The van der Waals surface area contributed by atoms with Crippen molar-refractivity contribution in [3.05, 3.63) is 24.3 Å². The molecule has 0 N–H and O–H groups in total. The summed E-state index contributed by atoms with van der Waals surface area (Å²) in [6.07, 6.45) is 0. The van der Waals surface area contributed by atoms with Gasteiger partial charge < -0.3 is 4.90 Å². The van der Waals surface area contributed by atoms with Gasteiger partial charge in [0.2, 0.25) is 0 Å². The topological polar surface area (TPSA) is 20.3 Å². The van der Waals surface area contributed by atoms with E-state index < -0.39 is 0 Å². The zero-order valence-corrected chi connectivity index (χ0v) is 7.66. The third-order valence-corrected chi connectivity index (χ3v) is 2.07. The van der Waals surface area contributed by atoms with Crippen molar-refractivity contribution in [2.45, 2.75) is 0 Å². The summed E-state index contributed by atoms with van der Waals surface area (Å²) in [4.78, 5) is 2.01. The number of benzene rings is 1. The molecule has 11 heavy (non-hydrogen) atoms. The van der Waals surface area contributed by atoms with E-state index in [9.17, 15) is 4.57 Å². The minimum atomic E-state index is -0.349. The largest absolute Gasteiger partial charge is 0.378 e. The predicted molar refractivity (Wildman–Crippen MR) is 49.4 cm³/mol. The molecule has 0 saturated heterocycles. The van der Waals surface area contributed by atoms with E-state index in [0.717, 1.165) is 11.0 Å². The van der Waals surface area contributed by atoms with Crippen LogP contribution < -0.4 is 10.2 Å². The average molecular weight is 168 g/mol. The molecule has 1 atom stereocenters. The van der Waals surface area contributed by atoms with Crippen LogP contribution in [-0.4, -0.2) is 14.1 Å². The Morgan fingerprint density at radius 2 is 1.73 bits per heavy atom. The Morgan fingerprint density at radius 3 is 2.09 bits per heavy atom. The molecule has 1 aromatic carbocycles. The second kappa shape index (κ2) is 3.49. The molecule has 0 aromatic heterocycles. The highest BCUT2D eigenvalue weighted by Crippen LogP contribution is 2.09. The van der Waals surface area contributed by atoms with Crippen molar-refractivity contribution in [2.24, 2.45) is 0 Å². The summed E-state index contributed by atoms with van der Waals surface area (Å²) in [6, 6.07) is 7.67. The van der Waals surface area contributed by atoms with Gasteiger partial charge in [-0.15, -0.1) is 0 Å². The van der Waals surface area contributed by atoms with Gasteiger partial charge in [-0.3, -0.25) is 0 Å². The Balaban J connectivity index is 2.91. The molecule has 0 bridgehead atoms. The van der Waals surface area contributed by atoms with Crippen LogP contribution in [0.2, 0.25) is 0 Å². The average Bonchev–Trinajstić information content (AvgIpc) is 2.05. The molecule has 0 amide bonds. The highest BCUT2D eigenvalue weighted by atomic mass is 31.1. The maximum atomic E-state index is 10.4. The van der Waals surface area contributed by atoms with Gasteiger partial charge in [0.1, 0.15) is 0 Å². The van der Waals surface area contributed by atoms with Gasteiger partial charge in [-0.2, -0.15) is 0 Å². The number of hydrogen-bond acceptors (Lipinski definition) is 2. The highest BCUT2D eigenvalue weighted by Gasteiger charge is 1.99. The summed E-state index contributed by atoms with van der Waals surface area (Å²) in [5, 5.41) is 0.871. The smallest absolute Gasteiger partial charge is 0.363 e. The van der Waals surface area contributed by atoms with E-state index in [4.69, 9.17) is 0 Å². The van der Waals surface area contributed by atoms with Crippen LogP contribution in [0.3, 0.4) is 0 Å². The molecule has 1 unspecified atom stereocenters. The Morgan fingerprint density at radius 1 is 1.18 bits per heavy atom.